The smallest absolute Gasteiger partial charge is 0.336 e. The van der Waals surface area contributed by atoms with Gasteiger partial charge in [0.2, 0.25) is 0 Å². The first-order valence-corrected chi connectivity index (χ1v) is 9.82. The number of hydrogen-bond acceptors (Lipinski definition) is 3. The lowest BCUT2D eigenvalue weighted by Gasteiger charge is -2.09. The molecule has 5 heteroatoms. The summed E-state index contributed by atoms with van der Waals surface area (Å²) in [6.07, 6.45) is 2.83. The van der Waals surface area contributed by atoms with Gasteiger partial charge in [0.15, 0.2) is 5.82 Å². The van der Waals surface area contributed by atoms with E-state index in [1.807, 2.05) is 41.1 Å². The van der Waals surface area contributed by atoms with E-state index in [1.54, 1.807) is 12.1 Å². The molecule has 1 aromatic heterocycles. The number of aromatic nitrogens is 3. The molecule has 0 amide bonds. The molecule has 0 unspecified atom stereocenters. The third kappa shape index (κ3) is 4.66. The van der Waals surface area contributed by atoms with Gasteiger partial charge in [-0.1, -0.05) is 63.2 Å². The van der Waals surface area contributed by atoms with Crippen LogP contribution in [0, 0.1) is 5.92 Å². The molecule has 0 aliphatic carbocycles. The minimum Gasteiger partial charge on any atom is -0.478 e. The lowest BCUT2D eigenvalue weighted by molar-refractivity contribution is 0.0697. The van der Waals surface area contributed by atoms with Crippen LogP contribution in [0.4, 0.5) is 0 Å². The summed E-state index contributed by atoms with van der Waals surface area (Å²) in [5, 5.41) is 14.1. The van der Waals surface area contributed by atoms with E-state index in [0.29, 0.717) is 18.0 Å². The predicted octanol–water partition coefficient (Wildman–Crippen LogP) is 4.84. The molecular formula is C23H27N3O2. The number of nitrogens with zero attached hydrogens (tertiary/aromatic N) is 3. The van der Waals surface area contributed by atoms with Crippen LogP contribution in [0.2, 0.25) is 0 Å². The summed E-state index contributed by atoms with van der Waals surface area (Å²) in [6.45, 7) is 7.17. The highest BCUT2D eigenvalue weighted by Crippen LogP contribution is 2.24. The topological polar surface area (TPSA) is 68.0 Å². The highest BCUT2D eigenvalue weighted by Gasteiger charge is 2.13. The number of benzene rings is 2. The minimum absolute atomic E-state index is 0.315. The van der Waals surface area contributed by atoms with Crippen molar-refractivity contribution in [3.8, 4) is 11.1 Å². The quantitative estimate of drug-likeness (QED) is 0.610. The maximum atomic E-state index is 11.5. The van der Waals surface area contributed by atoms with Gasteiger partial charge in [-0.3, -0.25) is 0 Å². The number of aromatic carboxylic acids is 1. The highest BCUT2D eigenvalue weighted by atomic mass is 16.4. The zero-order valence-corrected chi connectivity index (χ0v) is 16.7. The van der Waals surface area contributed by atoms with Crippen LogP contribution in [0.3, 0.4) is 0 Å². The molecule has 3 rings (SSSR count). The Balaban J connectivity index is 1.83. The van der Waals surface area contributed by atoms with Gasteiger partial charge in [-0.2, -0.15) is 5.10 Å². The van der Waals surface area contributed by atoms with E-state index >= 15 is 0 Å². The van der Waals surface area contributed by atoms with E-state index in [0.717, 1.165) is 47.6 Å². The number of carboxylic acids is 1. The standard InChI is InChI=1S/C23H27N3O2/c1-4-7-22-24-21(14-16(2)3)25-26(22)15-17-10-12-18(13-11-17)19-8-5-6-9-20(19)23(27)28/h5-6,8-13,16H,4,7,14-15H2,1-3H3,(H,27,28). The van der Waals surface area contributed by atoms with E-state index in [-0.39, 0.29) is 0 Å². The van der Waals surface area contributed by atoms with Crippen molar-refractivity contribution in [2.24, 2.45) is 5.92 Å². The zero-order valence-electron chi connectivity index (χ0n) is 16.7. The summed E-state index contributed by atoms with van der Waals surface area (Å²) >= 11 is 0. The van der Waals surface area contributed by atoms with Crippen molar-refractivity contribution in [1.82, 2.24) is 14.8 Å². The first-order valence-electron chi connectivity index (χ1n) is 9.82. The Hall–Kier alpha value is -2.95. The van der Waals surface area contributed by atoms with Crippen LogP contribution < -0.4 is 0 Å². The highest BCUT2D eigenvalue weighted by molar-refractivity contribution is 5.95. The maximum absolute atomic E-state index is 11.5. The average molecular weight is 377 g/mol. The molecule has 0 bridgehead atoms. The lowest BCUT2D eigenvalue weighted by atomic mass is 9.99. The third-order valence-corrected chi connectivity index (χ3v) is 4.61. The molecule has 0 saturated heterocycles. The molecule has 0 aliphatic rings. The summed E-state index contributed by atoms with van der Waals surface area (Å²) in [4.78, 5) is 16.2. The monoisotopic (exact) mass is 377 g/mol. The van der Waals surface area contributed by atoms with Gasteiger partial charge in [0.25, 0.3) is 0 Å². The van der Waals surface area contributed by atoms with Crippen LogP contribution in [-0.4, -0.2) is 25.8 Å². The van der Waals surface area contributed by atoms with Crippen LogP contribution in [0.5, 0.6) is 0 Å². The molecule has 0 aliphatic heterocycles. The van der Waals surface area contributed by atoms with Crippen molar-refractivity contribution in [1.29, 1.82) is 0 Å². The van der Waals surface area contributed by atoms with Crippen molar-refractivity contribution in [2.45, 2.75) is 46.6 Å². The largest absolute Gasteiger partial charge is 0.478 e. The van der Waals surface area contributed by atoms with Crippen molar-refractivity contribution in [3.63, 3.8) is 0 Å². The summed E-state index contributed by atoms with van der Waals surface area (Å²) in [6, 6.07) is 15.1. The van der Waals surface area contributed by atoms with E-state index in [4.69, 9.17) is 10.1 Å². The number of rotatable bonds is 8. The fraction of sp³-hybridized carbons (Fsp3) is 0.348. The van der Waals surface area contributed by atoms with Gasteiger partial charge in [-0.25, -0.2) is 14.5 Å². The second kappa shape index (κ2) is 8.83. The average Bonchev–Trinajstić information content (AvgIpc) is 3.03. The number of carboxylic acid groups (broad SMARTS) is 1. The Kier molecular flexibility index (Phi) is 6.24. The van der Waals surface area contributed by atoms with Gasteiger partial charge in [0.05, 0.1) is 12.1 Å². The fourth-order valence-corrected chi connectivity index (χ4v) is 3.30. The van der Waals surface area contributed by atoms with Gasteiger partial charge in [-0.15, -0.1) is 0 Å². The molecule has 2 aromatic carbocycles. The molecule has 5 nitrogen and oxygen atoms in total. The molecule has 146 valence electrons. The third-order valence-electron chi connectivity index (χ3n) is 4.61. The first-order chi connectivity index (χ1) is 13.5. The molecule has 0 spiro atoms. The normalized spacial score (nSPS) is 11.1. The van der Waals surface area contributed by atoms with Gasteiger partial charge >= 0.3 is 5.97 Å². The SMILES string of the molecule is CCCc1nc(CC(C)C)nn1Cc1ccc(-c2ccccc2C(=O)O)cc1. The molecule has 0 radical (unpaired) electrons. The van der Waals surface area contributed by atoms with Crippen LogP contribution in [0.1, 0.15) is 54.8 Å². The molecule has 28 heavy (non-hydrogen) atoms. The van der Waals surface area contributed by atoms with Crippen LogP contribution in [-0.2, 0) is 19.4 Å². The summed E-state index contributed by atoms with van der Waals surface area (Å²) in [7, 11) is 0. The van der Waals surface area contributed by atoms with Crippen LogP contribution >= 0.6 is 0 Å². The van der Waals surface area contributed by atoms with E-state index in [2.05, 4.69) is 20.8 Å². The van der Waals surface area contributed by atoms with E-state index < -0.39 is 5.97 Å². The number of carbonyl (C=O) groups is 1. The predicted molar refractivity (Wildman–Crippen MR) is 110 cm³/mol. The molecule has 1 heterocycles. The Bertz CT molecular complexity index is 943. The fourth-order valence-electron chi connectivity index (χ4n) is 3.30. The lowest BCUT2D eigenvalue weighted by Crippen LogP contribution is -2.07. The Morgan fingerprint density at radius 2 is 1.82 bits per heavy atom. The van der Waals surface area contributed by atoms with Gasteiger partial charge in [-0.05, 0) is 35.1 Å². The molecule has 1 N–H and O–H groups in total. The molecule has 3 aromatic rings. The Labute approximate surface area is 166 Å². The van der Waals surface area contributed by atoms with Crippen molar-refractivity contribution >= 4 is 5.97 Å². The van der Waals surface area contributed by atoms with Gasteiger partial charge in [0.1, 0.15) is 5.82 Å². The van der Waals surface area contributed by atoms with Crippen LogP contribution in [0.25, 0.3) is 11.1 Å². The van der Waals surface area contributed by atoms with E-state index in [1.165, 1.54) is 0 Å². The maximum Gasteiger partial charge on any atom is 0.336 e. The number of aryl methyl sites for hydroxylation is 1. The molecule has 0 saturated carbocycles. The summed E-state index contributed by atoms with van der Waals surface area (Å²) < 4.78 is 2.00. The molecular weight excluding hydrogens is 350 g/mol. The Morgan fingerprint density at radius 3 is 2.46 bits per heavy atom. The van der Waals surface area contributed by atoms with Crippen molar-refractivity contribution in [3.05, 3.63) is 71.3 Å². The first kappa shape index (κ1) is 19.8. The van der Waals surface area contributed by atoms with Crippen LogP contribution in [0.15, 0.2) is 48.5 Å². The van der Waals surface area contributed by atoms with Crippen molar-refractivity contribution < 1.29 is 9.90 Å². The molecule has 0 fully saturated rings. The van der Waals surface area contributed by atoms with Gasteiger partial charge < -0.3 is 5.11 Å². The summed E-state index contributed by atoms with van der Waals surface area (Å²) in [5.41, 5.74) is 3.06. The van der Waals surface area contributed by atoms with E-state index in [9.17, 15) is 9.90 Å². The van der Waals surface area contributed by atoms with Gasteiger partial charge in [0, 0.05) is 12.8 Å². The molecule has 0 atom stereocenters. The zero-order chi connectivity index (χ0) is 20.1. The van der Waals surface area contributed by atoms with Crippen molar-refractivity contribution in [2.75, 3.05) is 0 Å². The number of hydrogen-bond donors (Lipinski definition) is 1. The second-order valence-corrected chi connectivity index (χ2v) is 7.50. The summed E-state index contributed by atoms with van der Waals surface area (Å²) in [5.74, 6) is 1.55. The second-order valence-electron chi connectivity index (χ2n) is 7.50. The minimum atomic E-state index is -0.913. The Morgan fingerprint density at radius 1 is 1.11 bits per heavy atom.